The maximum absolute atomic E-state index is 12.3. The van der Waals surface area contributed by atoms with Gasteiger partial charge in [0.25, 0.3) is 5.91 Å². The van der Waals surface area contributed by atoms with Crippen molar-refractivity contribution in [3.05, 3.63) is 15.8 Å². The summed E-state index contributed by atoms with van der Waals surface area (Å²) < 4.78 is 28.8. The van der Waals surface area contributed by atoms with Crippen LogP contribution in [-0.2, 0) is 0 Å². The molecule has 0 radical (unpaired) electrons. The Morgan fingerprint density at radius 3 is 2.74 bits per heavy atom. The van der Waals surface area contributed by atoms with Crippen molar-refractivity contribution in [2.75, 3.05) is 13.6 Å². The molecule has 0 saturated heterocycles. The highest BCUT2D eigenvalue weighted by Crippen LogP contribution is 2.31. The van der Waals surface area contributed by atoms with Crippen LogP contribution < -0.4 is 4.74 Å². The lowest BCUT2D eigenvalue weighted by Gasteiger charge is -2.17. The first-order valence-electron chi connectivity index (χ1n) is 5.80. The molecule has 4 nitrogen and oxygen atoms in total. The fourth-order valence-electron chi connectivity index (χ4n) is 1.48. The molecule has 0 aromatic carbocycles. The number of nitrogens with zero attached hydrogens (tertiary/aromatic N) is 1. The predicted molar refractivity (Wildman–Crippen MR) is 68.9 cm³/mol. The number of rotatable bonds is 6. The fourth-order valence-corrected chi connectivity index (χ4v) is 2.42. The quantitative estimate of drug-likeness (QED) is 0.876. The van der Waals surface area contributed by atoms with Gasteiger partial charge in [-0.25, -0.2) is 0 Å². The van der Waals surface area contributed by atoms with E-state index in [2.05, 4.69) is 4.74 Å². The number of aryl methyl sites for hydroxylation is 1. The van der Waals surface area contributed by atoms with Crippen molar-refractivity contribution in [3.8, 4) is 5.75 Å². The van der Waals surface area contributed by atoms with Gasteiger partial charge >= 0.3 is 6.61 Å². The number of carbonyl (C=O) groups excluding carboxylic acids is 1. The summed E-state index contributed by atoms with van der Waals surface area (Å²) in [6.07, 6.45) is -0.0884. The van der Waals surface area contributed by atoms with Gasteiger partial charge in [0.1, 0.15) is 10.6 Å². The standard InChI is InChI=1S/C12H17F2NO3S/c1-7(16)4-5-15(3)11(17)10-9(18-12(13)14)6-8(2)19-10/h6-7,12,16H,4-5H2,1-3H3. The van der Waals surface area contributed by atoms with Gasteiger partial charge in [-0.15, -0.1) is 11.3 Å². The van der Waals surface area contributed by atoms with E-state index in [4.69, 9.17) is 0 Å². The molecule has 0 fully saturated rings. The van der Waals surface area contributed by atoms with Crippen LogP contribution in [0.3, 0.4) is 0 Å². The monoisotopic (exact) mass is 293 g/mol. The average molecular weight is 293 g/mol. The van der Waals surface area contributed by atoms with Crippen molar-refractivity contribution in [2.45, 2.75) is 33.0 Å². The molecule has 0 spiro atoms. The number of hydrogen-bond donors (Lipinski definition) is 1. The van der Waals surface area contributed by atoms with Gasteiger partial charge < -0.3 is 14.7 Å². The van der Waals surface area contributed by atoms with E-state index in [-0.39, 0.29) is 16.5 Å². The molecule has 0 aliphatic heterocycles. The predicted octanol–water partition coefficient (Wildman–Crippen LogP) is 2.50. The number of thiophene rings is 1. The molecule has 0 bridgehead atoms. The average Bonchev–Trinajstić information content (AvgIpc) is 2.65. The summed E-state index contributed by atoms with van der Waals surface area (Å²) in [6.45, 7) is 0.735. The number of carbonyl (C=O) groups is 1. The summed E-state index contributed by atoms with van der Waals surface area (Å²) in [6, 6.07) is 1.42. The number of aliphatic hydroxyl groups is 1. The van der Waals surface area contributed by atoms with Crippen LogP contribution in [-0.4, -0.2) is 42.2 Å². The normalized spacial score (nSPS) is 12.6. The van der Waals surface area contributed by atoms with Gasteiger partial charge in [0.05, 0.1) is 6.10 Å². The Kier molecular flexibility index (Phi) is 5.68. The minimum atomic E-state index is -2.96. The maximum Gasteiger partial charge on any atom is 0.387 e. The smallest absolute Gasteiger partial charge is 0.387 e. The summed E-state index contributed by atoms with van der Waals surface area (Å²) in [4.78, 5) is 14.4. The van der Waals surface area contributed by atoms with Crippen LogP contribution in [0.4, 0.5) is 8.78 Å². The summed E-state index contributed by atoms with van der Waals surface area (Å²) in [5.74, 6) is -0.471. The third-order valence-electron chi connectivity index (χ3n) is 2.46. The van der Waals surface area contributed by atoms with E-state index in [0.29, 0.717) is 13.0 Å². The molecule has 1 atom stereocenters. The minimum absolute atomic E-state index is 0.0913. The highest BCUT2D eigenvalue weighted by atomic mass is 32.1. The number of halogens is 2. The van der Waals surface area contributed by atoms with E-state index in [1.165, 1.54) is 11.0 Å². The molecule has 1 heterocycles. The van der Waals surface area contributed by atoms with Gasteiger partial charge in [-0.05, 0) is 26.3 Å². The number of amides is 1. The summed E-state index contributed by atoms with van der Waals surface area (Å²) in [5, 5.41) is 9.17. The first kappa shape index (κ1) is 15.8. The van der Waals surface area contributed by atoms with E-state index in [0.717, 1.165) is 16.2 Å². The molecule has 1 unspecified atom stereocenters. The molecule has 7 heteroatoms. The molecule has 19 heavy (non-hydrogen) atoms. The van der Waals surface area contributed by atoms with Crippen LogP contribution in [0.1, 0.15) is 27.9 Å². The number of hydrogen-bond acceptors (Lipinski definition) is 4. The largest absolute Gasteiger partial charge is 0.433 e. The lowest BCUT2D eigenvalue weighted by molar-refractivity contribution is -0.0499. The first-order valence-corrected chi connectivity index (χ1v) is 6.61. The van der Waals surface area contributed by atoms with Gasteiger partial charge in [0.2, 0.25) is 0 Å². The molecule has 0 aliphatic rings. The zero-order chi connectivity index (χ0) is 14.6. The van der Waals surface area contributed by atoms with Crippen LogP contribution in [0.5, 0.6) is 5.75 Å². The molecule has 0 aliphatic carbocycles. The highest BCUT2D eigenvalue weighted by molar-refractivity contribution is 7.14. The Labute approximate surface area is 114 Å². The van der Waals surface area contributed by atoms with E-state index in [9.17, 15) is 18.7 Å². The fraction of sp³-hybridized carbons (Fsp3) is 0.583. The zero-order valence-corrected chi connectivity index (χ0v) is 11.8. The van der Waals surface area contributed by atoms with E-state index in [1.54, 1.807) is 20.9 Å². The summed E-state index contributed by atoms with van der Waals surface area (Å²) in [7, 11) is 1.56. The minimum Gasteiger partial charge on any atom is -0.433 e. The molecule has 0 saturated carbocycles. The van der Waals surface area contributed by atoms with Crippen LogP contribution in [0.2, 0.25) is 0 Å². The molecule has 1 aromatic rings. The third-order valence-corrected chi connectivity index (χ3v) is 3.48. The number of alkyl halides is 2. The Balaban J connectivity index is 2.80. The Morgan fingerprint density at radius 2 is 2.21 bits per heavy atom. The second-order valence-corrected chi connectivity index (χ2v) is 5.55. The first-order chi connectivity index (χ1) is 8.81. The van der Waals surface area contributed by atoms with Crippen LogP contribution in [0.15, 0.2) is 6.07 Å². The van der Waals surface area contributed by atoms with Gasteiger partial charge in [-0.1, -0.05) is 0 Å². The van der Waals surface area contributed by atoms with Gasteiger partial charge in [0.15, 0.2) is 0 Å². The second kappa shape index (κ2) is 6.81. The van der Waals surface area contributed by atoms with E-state index < -0.39 is 12.7 Å². The van der Waals surface area contributed by atoms with Gasteiger partial charge in [0, 0.05) is 18.5 Å². The summed E-state index contributed by atoms with van der Waals surface area (Å²) in [5.41, 5.74) is 0. The van der Waals surface area contributed by atoms with E-state index >= 15 is 0 Å². The molecular formula is C12H17F2NO3S. The van der Waals surface area contributed by atoms with Crippen LogP contribution in [0, 0.1) is 6.92 Å². The lowest BCUT2D eigenvalue weighted by atomic mass is 10.2. The third kappa shape index (κ3) is 4.76. The highest BCUT2D eigenvalue weighted by Gasteiger charge is 2.22. The zero-order valence-electron chi connectivity index (χ0n) is 11.0. The molecule has 1 rings (SSSR count). The van der Waals surface area contributed by atoms with Crippen molar-refractivity contribution in [1.82, 2.24) is 4.90 Å². The Bertz CT molecular complexity index is 435. The Hall–Kier alpha value is -1.21. The maximum atomic E-state index is 12.3. The van der Waals surface area contributed by atoms with Gasteiger partial charge in [-0.3, -0.25) is 4.79 Å². The van der Waals surface area contributed by atoms with E-state index in [1.807, 2.05) is 0 Å². The lowest BCUT2D eigenvalue weighted by Crippen LogP contribution is -2.29. The summed E-state index contributed by atoms with van der Waals surface area (Å²) >= 11 is 1.11. The van der Waals surface area contributed by atoms with Crippen LogP contribution >= 0.6 is 11.3 Å². The van der Waals surface area contributed by atoms with Crippen molar-refractivity contribution < 1.29 is 23.4 Å². The molecule has 1 amide bonds. The molecular weight excluding hydrogens is 276 g/mol. The second-order valence-electron chi connectivity index (χ2n) is 4.29. The van der Waals surface area contributed by atoms with Crippen molar-refractivity contribution in [3.63, 3.8) is 0 Å². The van der Waals surface area contributed by atoms with Gasteiger partial charge in [-0.2, -0.15) is 8.78 Å². The number of ether oxygens (including phenoxy) is 1. The van der Waals surface area contributed by atoms with Crippen LogP contribution in [0.25, 0.3) is 0 Å². The SMILES string of the molecule is Cc1cc(OC(F)F)c(C(=O)N(C)CCC(C)O)s1. The molecule has 108 valence electrons. The molecule has 1 aromatic heterocycles. The molecule has 1 N–H and O–H groups in total. The number of aliphatic hydroxyl groups excluding tert-OH is 1. The van der Waals surface area contributed by atoms with Crippen molar-refractivity contribution in [1.29, 1.82) is 0 Å². The Morgan fingerprint density at radius 1 is 1.58 bits per heavy atom. The van der Waals surface area contributed by atoms with Crippen molar-refractivity contribution in [2.24, 2.45) is 0 Å². The topological polar surface area (TPSA) is 49.8 Å². The van der Waals surface area contributed by atoms with Crippen molar-refractivity contribution >= 4 is 17.2 Å².